The van der Waals surface area contributed by atoms with Crippen molar-refractivity contribution in [1.82, 2.24) is 5.32 Å². The van der Waals surface area contributed by atoms with Crippen LogP contribution in [0.25, 0.3) is 0 Å². The summed E-state index contributed by atoms with van der Waals surface area (Å²) >= 11 is 6.64. The summed E-state index contributed by atoms with van der Waals surface area (Å²) in [5.74, 6) is -1.18. The molecule has 1 rings (SSSR count). The van der Waals surface area contributed by atoms with Crippen LogP contribution < -0.4 is 10.6 Å². The third-order valence-corrected chi connectivity index (χ3v) is 4.09. The number of benzene rings is 1. The number of hydrogen-bond acceptors (Lipinski definition) is 2. The summed E-state index contributed by atoms with van der Waals surface area (Å²) in [6.45, 7) is 3.67. The van der Waals surface area contributed by atoms with Crippen LogP contribution in [0.1, 0.15) is 20.3 Å². The Morgan fingerprint density at radius 1 is 1.35 bits per heavy atom. The molecular formula is C13H16Br2N2O3. The van der Waals surface area contributed by atoms with E-state index < -0.39 is 18.0 Å². The molecule has 2 atom stereocenters. The van der Waals surface area contributed by atoms with Gasteiger partial charge in [-0.1, -0.05) is 36.2 Å². The van der Waals surface area contributed by atoms with Gasteiger partial charge in [-0.3, -0.25) is 0 Å². The van der Waals surface area contributed by atoms with Crippen LogP contribution in [-0.4, -0.2) is 23.1 Å². The number of carbonyl (C=O) groups is 2. The van der Waals surface area contributed by atoms with Gasteiger partial charge in [0.25, 0.3) is 0 Å². The maximum Gasteiger partial charge on any atom is 0.326 e. The molecule has 0 aliphatic carbocycles. The Balaban J connectivity index is 2.73. The van der Waals surface area contributed by atoms with Crippen molar-refractivity contribution in [2.24, 2.45) is 5.92 Å². The lowest BCUT2D eigenvalue weighted by Crippen LogP contribution is -2.46. The summed E-state index contributed by atoms with van der Waals surface area (Å²) in [7, 11) is 0. The van der Waals surface area contributed by atoms with Crippen molar-refractivity contribution in [2.45, 2.75) is 26.3 Å². The number of aliphatic carboxylic acids is 1. The van der Waals surface area contributed by atoms with Gasteiger partial charge in [0.15, 0.2) is 0 Å². The second-order valence-corrected chi connectivity index (χ2v) is 6.19. The molecule has 0 spiro atoms. The lowest BCUT2D eigenvalue weighted by Gasteiger charge is -2.20. The van der Waals surface area contributed by atoms with E-state index in [1.54, 1.807) is 25.1 Å². The van der Waals surface area contributed by atoms with Gasteiger partial charge in [-0.05, 0) is 40.0 Å². The summed E-state index contributed by atoms with van der Waals surface area (Å²) in [5, 5.41) is 14.2. The first kappa shape index (κ1) is 17.0. The molecule has 1 aromatic carbocycles. The van der Waals surface area contributed by atoms with Crippen LogP contribution in [0.15, 0.2) is 27.1 Å². The van der Waals surface area contributed by atoms with Crippen molar-refractivity contribution in [3.63, 3.8) is 0 Å². The molecule has 0 radical (unpaired) electrons. The van der Waals surface area contributed by atoms with Crippen LogP contribution in [0.2, 0.25) is 0 Å². The average Bonchev–Trinajstić information content (AvgIpc) is 2.38. The van der Waals surface area contributed by atoms with E-state index in [1.165, 1.54) is 0 Å². The SMILES string of the molecule is CC[C@H](C)[C@H](NC(=O)Nc1ccc(Br)cc1Br)C(=O)O. The topological polar surface area (TPSA) is 78.4 Å². The Morgan fingerprint density at radius 2 is 2.00 bits per heavy atom. The number of carbonyl (C=O) groups excluding carboxylic acids is 1. The molecule has 0 saturated heterocycles. The van der Waals surface area contributed by atoms with E-state index in [4.69, 9.17) is 5.11 Å². The summed E-state index contributed by atoms with van der Waals surface area (Å²) in [6.07, 6.45) is 0.666. The molecular weight excluding hydrogens is 392 g/mol. The minimum Gasteiger partial charge on any atom is -0.480 e. The predicted octanol–water partition coefficient (Wildman–Crippen LogP) is 3.83. The first-order chi connectivity index (χ1) is 9.35. The van der Waals surface area contributed by atoms with Crippen molar-refractivity contribution in [3.8, 4) is 0 Å². The van der Waals surface area contributed by atoms with Crippen molar-refractivity contribution >= 4 is 49.5 Å². The van der Waals surface area contributed by atoms with Crippen molar-refractivity contribution in [3.05, 3.63) is 27.1 Å². The van der Waals surface area contributed by atoms with Crippen LogP contribution in [0.4, 0.5) is 10.5 Å². The fourth-order valence-corrected chi connectivity index (χ4v) is 2.72. The molecule has 0 bridgehead atoms. The zero-order valence-electron chi connectivity index (χ0n) is 11.1. The molecule has 7 heteroatoms. The predicted molar refractivity (Wildman–Crippen MR) is 84.9 cm³/mol. The standard InChI is InChI=1S/C13H16Br2N2O3/c1-3-7(2)11(12(18)19)17-13(20)16-10-5-4-8(14)6-9(10)15/h4-7,11H,3H2,1-2H3,(H,18,19)(H2,16,17,20)/t7-,11-/m0/s1. The minimum absolute atomic E-state index is 0.147. The van der Waals surface area contributed by atoms with Crippen LogP contribution in [0.3, 0.4) is 0 Å². The molecule has 0 saturated carbocycles. The van der Waals surface area contributed by atoms with Crippen molar-refractivity contribution in [2.75, 3.05) is 5.32 Å². The summed E-state index contributed by atoms with van der Waals surface area (Å²) in [5.41, 5.74) is 0.569. The highest BCUT2D eigenvalue weighted by molar-refractivity contribution is 9.11. The lowest BCUT2D eigenvalue weighted by atomic mass is 9.99. The molecule has 20 heavy (non-hydrogen) atoms. The molecule has 0 fully saturated rings. The highest BCUT2D eigenvalue weighted by Gasteiger charge is 2.25. The van der Waals surface area contributed by atoms with Gasteiger partial charge in [0, 0.05) is 8.95 Å². The van der Waals surface area contributed by atoms with E-state index in [1.807, 2.05) is 6.92 Å². The molecule has 2 amide bonds. The molecule has 0 heterocycles. The molecule has 110 valence electrons. The third kappa shape index (κ3) is 4.79. The van der Waals surface area contributed by atoms with E-state index in [0.29, 0.717) is 16.6 Å². The van der Waals surface area contributed by atoms with Gasteiger partial charge >= 0.3 is 12.0 Å². The number of urea groups is 1. The van der Waals surface area contributed by atoms with E-state index in [9.17, 15) is 9.59 Å². The average molecular weight is 408 g/mol. The van der Waals surface area contributed by atoms with Gasteiger partial charge in [-0.25, -0.2) is 9.59 Å². The highest BCUT2D eigenvalue weighted by Crippen LogP contribution is 2.26. The second-order valence-electron chi connectivity index (χ2n) is 4.42. The van der Waals surface area contributed by atoms with Crippen LogP contribution in [0, 0.1) is 5.92 Å². The maximum absolute atomic E-state index is 11.9. The van der Waals surface area contributed by atoms with Gasteiger partial charge in [0.1, 0.15) is 6.04 Å². The first-order valence-electron chi connectivity index (χ1n) is 6.10. The fourth-order valence-electron chi connectivity index (χ4n) is 1.57. The molecule has 3 N–H and O–H groups in total. The van der Waals surface area contributed by atoms with Gasteiger partial charge < -0.3 is 15.7 Å². The zero-order chi connectivity index (χ0) is 15.3. The number of carboxylic acids is 1. The van der Waals surface area contributed by atoms with E-state index >= 15 is 0 Å². The van der Waals surface area contributed by atoms with Crippen LogP contribution in [-0.2, 0) is 4.79 Å². The smallest absolute Gasteiger partial charge is 0.326 e. The van der Waals surface area contributed by atoms with Gasteiger partial charge in [0.05, 0.1) is 5.69 Å². The van der Waals surface area contributed by atoms with E-state index in [-0.39, 0.29) is 5.92 Å². The molecule has 1 aromatic rings. The molecule has 0 unspecified atom stereocenters. The number of carboxylic acid groups (broad SMARTS) is 1. The molecule has 0 aliphatic heterocycles. The molecule has 0 aliphatic rings. The quantitative estimate of drug-likeness (QED) is 0.693. The summed E-state index contributed by atoms with van der Waals surface area (Å²) in [4.78, 5) is 23.0. The maximum atomic E-state index is 11.9. The van der Waals surface area contributed by atoms with Gasteiger partial charge in [-0.2, -0.15) is 0 Å². The Hall–Kier alpha value is -1.08. The summed E-state index contributed by atoms with van der Waals surface area (Å²) in [6, 6.07) is 3.84. The number of nitrogens with one attached hydrogen (secondary N) is 2. The largest absolute Gasteiger partial charge is 0.480 e. The molecule has 0 aromatic heterocycles. The Kier molecular flexibility index (Phi) is 6.48. The minimum atomic E-state index is -1.04. The van der Waals surface area contributed by atoms with Crippen molar-refractivity contribution in [1.29, 1.82) is 0 Å². The first-order valence-corrected chi connectivity index (χ1v) is 7.69. The number of amides is 2. The van der Waals surface area contributed by atoms with Gasteiger partial charge in [-0.15, -0.1) is 0 Å². The summed E-state index contributed by atoms with van der Waals surface area (Å²) < 4.78 is 1.58. The lowest BCUT2D eigenvalue weighted by molar-refractivity contribution is -0.140. The van der Waals surface area contributed by atoms with Crippen LogP contribution >= 0.6 is 31.9 Å². The van der Waals surface area contributed by atoms with Crippen LogP contribution in [0.5, 0.6) is 0 Å². The normalized spacial score (nSPS) is 13.4. The highest BCUT2D eigenvalue weighted by atomic mass is 79.9. The third-order valence-electron chi connectivity index (χ3n) is 2.94. The Labute approximate surface area is 134 Å². The molecule has 5 nitrogen and oxygen atoms in total. The zero-order valence-corrected chi connectivity index (χ0v) is 14.3. The van der Waals surface area contributed by atoms with Gasteiger partial charge in [0.2, 0.25) is 0 Å². The number of hydrogen-bond donors (Lipinski definition) is 3. The number of rotatable bonds is 5. The number of halogens is 2. The Morgan fingerprint density at radius 3 is 2.50 bits per heavy atom. The van der Waals surface area contributed by atoms with E-state index in [2.05, 4.69) is 42.5 Å². The monoisotopic (exact) mass is 406 g/mol. The Bertz CT molecular complexity index is 508. The fraction of sp³-hybridized carbons (Fsp3) is 0.385. The van der Waals surface area contributed by atoms with E-state index in [0.717, 1.165) is 4.47 Å². The number of anilines is 1. The second kappa shape index (κ2) is 7.64. The van der Waals surface area contributed by atoms with Crippen molar-refractivity contribution < 1.29 is 14.7 Å².